The summed E-state index contributed by atoms with van der Waals surface area (Å²) in [6.07, 6.45) is 15.4. The summed E-state index contributed by atoms with van der Waals surface area (Å²) in [7, 11) is 1.69. The van der Waals surface area contributed by atoms with E-state index in [-0.39, 0.29) is 45.2 Å². The van der Waals surface area contributed by atoms with E-state index in [9.17, 15) is 4.79 Å². The number of aromatic amines is 1. The number of carbonyl (C=O) groups is 2. The zero-order valence-corrected chi connectivity index (χ0v) is 34.2. The van der Waals surface area contributed by atoms with E-state index < -0.39 is 0 Å². The fraction of sp³-hybridized carbons (Fsp3) is 0.761. The molecule has 2 aromatic rings. The fourth-order valence-electron chi connectivity index (χ4n) is 15.2. The third-order valence-electron chi connectivity index (χ3n) is 17.8. The summed E-state index contributed by atoms with van der Waals surface area (Å²) in [6.45, 7) is 20.1. The number of nitrogens with zero attached hydrogens (tertiary/aromatic N) is 2. The molecule has 1 aromatic heterocycles. The summed E-state index contributed by atoms with van der Waals surface area (Å²) in [4.78, 5) is 38.5. The molecule has 5 aliphatic carbocycles. The van der Waals surface area contributed by atoms with Gasteiger partial charge in [0.25, 0.3) is 0 Å². The highest BCUT2D eigenvalue weighted by Gasteiger charge is 2.72. The number of amides is 1. The Morgan fingerprint density at radius 3 is 2.32 bits per heavy atom. The van der Waals surface area contributed by atoms with Gasteiger partial charge in [0.15, 0.2) is 0 Å². The molecule has 290 valence electrons. The molecule has 1 saturated heterocycles. The van der Waals surface area contributed by atoms with Crippen molar-refractivity contribution < 1.29 is 19.1 Å². The second-order valence-corrected chi connectivity index (χ2v) is 20.3. The molecular weight excluding hydrogens is 659 g/mol. The van der Waals surface area contributed by atoms with Crippen molar-refractivity contribution in [1.29, 1.82) is 0 Å². The minimum absolute atomic E-state index is 0.00452. The van der Waals surface area contributed by atoms with Crippen LogP contribution in [0.15, 0.2) is 30.5 Å². The lowest BCUT2D eigenvalue weighted by Crippen LogP contribution is -2.67. The molecule has 0 bridgehead atoms. The predicted molar refractivity (Wildman–Crippen MR) is 209 cm³/mol. The number of likely N-dealkylation sites (tertiary alicyclic amines) is 1. The first-order valence-corrected chi connectivity index (χ1v) is 21.3. The highest BCUT2D eigenvalue weighted by molar-refractivity contribution is 5.84. The number of ether oxygens (including phenoxy) is 2. The Morgan fingerprint density at radius 2 is 1.62 bits per heavy atom. The second-order valence-electron chi connectivity index (χ2n) is 20.3. The van der Waals surface area contributed by atoms with Crippen LogP contribution in [0.1, 0.15) is 144 Å². The Kier molecular flexibility index (Phi) is 9.01. The van der Waals surface area contributed by atoms with Crippen LogP contribution in [-0.2, 0) is 14.3 Å². The van der Waals surface area contributed by atoms with Crippen LogP contribution >= 0.6 is 0 Å². The van der Waals surface area contributed by atoms with Crippen LogP contribution < -0.4 is 4.74 Å². The number of H-pyrrole nitrogens is 1. The molecule has 11 atom stereocenters. The van der Waals surface area contributed by atoms with Crippen LogP contribution in [0.5, 0.6) is 5.75 Å². The van der Waals surface area contributed by atoms with Crippen molar-refractivity contribution in [3.63, 3.8) is 0 Å². The zero-order valence-electron chi connectivity index (χ0n) is 34.2. The van der Waals surface area contributed by atoms with Gasteiger partial charge in [-0.15, -0.1) is 0 Å². The molecule has 6 aliphatic rings. The molecule has 8 rings (SSSR count). The first-order chi connectivity index (χ1) is 25.1. The maximum Gasteiger partial charge on any atom is 0.302 e. The number of benzene rings is 1. The van der Waals surface area contributed by atoms with E-state index in [0.717, 1.165) is 74.3 Å². The molecule has 53 heavy (non-hydrogen) atoms. The summed E-state index contributed by atoms with van der Waals surface area (Å²) in [5, 5.41) is 0. The van der Waals surface area contributed by atoms with Crippen molar-refractivity contribution in [2.75, 3.05) is 13.7 Å². The number of esters is 1. The van der Waals surface area contributed by atoms with Crippen LogP contribution in [0.3, 0.4) is 0 Å². The van der Waals surface area contributed by atoms with Gasteiger partial charge in [-0.25, -0.2) is 4.98 Å². The van der Waals surface area contributed by atoms with Crippen LogP contribution in [-0.4, -0.2) is 46.5 Å². The lowest BCUT2D eigenvalue weighted by atomic mass is 9.32. The molecule has 1 aromatic carbocycles. The van der Waals surface area contributed by atoms with E-state index in [1.54, 1.807) is 14.0 Å². The molecule has 1 amide bonds. The first kappa shape index (κ1) is 37.1. The molecule has 0 radical (unpaired) electrons. The number of aromatic nitrogens is 2. The van der Waals surface area contributed by atoms with Gasteiger partial charge in [-0.05, 0) is 159 Å². The summed E-state index contributed by atoms with van der Waals surface area (Å²) in [5.41, 5.74) is 2.42. The van der Waals surface area contributed by atoms with Crippen LogP contribution in [0, 0.1) is 62.6 Å². The van der Waals surface area contributed by atoms with Gasteiger partial charge < -0.3 is 19.4 Å². The van der Waals surface area contributed by atoms with Gasteiger partial charge in [-0.2, -0.15) is 0 Å². The lowest BCUT2D eigenvalue weighted by molar-refractivity contribution is -0.251. The molecular formula is C46H67N3O4. The van der Waals surface area contributed by atoms with E-state index in [1.807, 2.05) is 18.3 Å². The van der Waals surface area contributed by atoms with E-state index in [1.165, 1.54) is 32.1 Å². The minimum Gasteiger partial charge on any atom is -0.497 e. The van der Waals surface area contributed by atoms with Crippen molar-refractivity contribution in [3.05, 3.63) is 36.3 Å². The zero-order chi connectivity index (χ0) is 37.7. The Balaban J connectivity index is 1.09. The molecule has 5 saturated carbocycles. The topological polar surface area (TPSA) is 84.5 Å². The van der Waals surface area contributed by atoms with E-state index >= 15 is 4.79 Å². The molecule has 1 N–H and O–H groups in total. The number of rotatable bonds is 6. The molecule has 7 nitrogen and oxygen atoms in total. The van der Waals surface area contributed by atoms with Gasteiger partial charge in [-0.3, -0.25) is 9.59 Å². The summed E-state index contributed by atoms with van der Waals surface area (Å²) in [5.74, 6) is 5.41. The Hall–Kier alpha value is -2.83. The number of fused-ring (bicyclic) bond motifs is 7. The normalized spacial score (nSPS) is 41.6. The largest absolute Gasteiger partial charge is 0.497 e. The highest BCUT2D eigenvalue weighted by Crippen LogP contribution is 2.78. The van der Waals surface area contributed by atoms with Gasteiger partial charge in [-0.1, -0.05) is 48.5 Å². The molecule has 6 fully saturated rings. The Labute approximate surface area is 319 Å². The highest BCUT2D eigenvalue weighted by atomic mass is 16.5. The predicted octanol–water partition coefficient (Wildman–Crippen LogP) is 10.4. The molecule has 1 aliphatic heterocycles. The maximum atomic E-state index is 15.5. The van der Waals surface area contributed by atoms with Crippen molar-refractivity contribution in [1.82, 2.24) is 14.9 Å². The van der Waals surface area contributed by atoms with Crippen molar-refractivity contribution in [2.45, 2.75) is 145 Å². The average Bonchev–Trinajstić information content (AvgIpc) is 3.89. The molecule has 1 unspecified atom stereocenters. The van der Waals surface area contributed by atoms with E-state index in [4.69, 9.17) is 14.5 Å². The number of methoxy groups -OCH3 is 1. The van der Waals surface area contributed by atoms with Crippen molar-refractivity contribution in [3.8, 4) is 17.0 Å². The number of hydrogen-bond acceptors (Lipinski definition) is 5. The minimum atomic E-state index is -0.276. The van der Waals surface area contributed by atoms with Gasteiger partial charge in [0.1, 0.15) is 17.7 Å². The second kappa shape index (κ2) is 12.9. The monoisotopic (exact) mass is 726 g/mol. The summed E-state index contributed by atoms with van der Waals surface area (Å²) in [6, 6.07) is 8.11. The Morgan fingerprint density at radius 1 is 0.868 bits per heavy atom. The fourth-order valence-corrected chi connectivity index (χ4v) is 15.2. The lowest BCUT2D eigenvalue weighted by Gasteiger charge is -2.73. The van der Waals surface area contributed by atoms with Gasteiger partial charge in [0.2, 0.25) is 5.91 Å². The number of imidazole rings is 1. The standard InChI is InChI=1S/C46H67N3O4/c1-28(2)32-18-23-46(41(51)49-26-10-11-35(49)40-47-27-34(48-40)30-12-14-31(52-9)15-13-30)25-24-44(7)33(39(32)46)16-17-37-43(6)21-20-38(53-29(3)50)42(4,5)36(43)19-22-45(37,44)8/h12-15,27-28,32-33,35-39H,10-11,16-26H2,1-9H3,(H,47,48)/t32-,33+,35?,36-,37+,38-,39+,43-,44+,45+,46-/m0/s1. The smallest absolute Gasteiger partial charge is 0.302 e. The maximum absolute atomic E-state index is 15.5. The number of nitrogens with one attached hydrogen (secondary N) is 1. The van der Waals surface area contributed by atoms with Crippen molar-refractivity contribution >= 4 is 11.9 Å². The SMILES string of the molecule is COc1ccc(-c2cnc(C3CCCN3C(=O)[C@]34CC[C@@H](C(C)C)[C@@H]3[C@H]3CC[C@@H]5[C@@]6(C)CC[C@H](OC(C)=O)C(C)(C)[C@@H]6CC[C@@]5(C)[C@]3(C)CC4)[nH]2)cc1. The van der Waals surface area contributed by atoms with Gasteiger partial charge >= 0.3 is 5.97 Å². The van der Waals surface area contributed by atoms with Crippen LogP contribution in [0.25, 0.3) is 11.3 Å². The molecule has 2 heterocycles. The van der Waals surface area contributed by atoms with Crippen LogP contribution in [0.2, 0.25) is 0 Å². The van der Waals surface area contributed by atoms with E-state index in [0.29, 0.717) is 41.4 Å². The summed E-state index contributed by atoms with van der Waals surface area (Å²) >= 11 is 0. The third-order valence-corrected chi connectivity index (χ3v) is 17.8. The van der Waals surface area contributed by atoms with Gasteiger partial charge in [0, 0.05) is 18.9 Å². The first-order valence-electron chi connectivity index (χ1n) is 21.3. The third kappa shape index (κ3) is 5.34. The number of carbonyl (C=O) groups excluding carboxylic acids is 2. The van der Waals surface area contributed by atoms with Crippen LogP contribution in [0.4, 0.5) is 0 Å². The Bertz CT molecular complexity index is 1710. The van der Waals surface area contributed by atoms with Gasteiger partial charge in [0.05, 0.1) is 30.5 Å². The molecule has 7 heteroatoms. The number of hydrogen-bond donors (Lipinski definition) is 1. The quantitative estimate of drug-likeness (QED) is 0.300. The van der Waals surface area contributed by atoms with E-state index in [2.05, 4.69) is 70.5 Å². The van der Waals surface area contributed by atoms with Crippen molar-refractivity contribution in [2.24, 2.45) is 62.6 Å². The molecule has 0 spiro atoms. The average molecular weight is 726 g/mol. The summed E-state index contributed by atoms with van der Waals surface area (Å²) < 4.78 is 11.4.